The highest BCUT2D eigenvalue weighted by molar-refractivity contribution is 5.97. The van der Waals surface area contributed by atoms with E-state index in [2.05, 4.69) is 22.4 Å². The SMILES string of the molecule is c1ccc2c(c1)[N]C(C1CCCCCC1)=N2. The molecule has 0 atom stereocenters. The van der Waals surface area contributed by atoms with E-state index in [-0.39, 0.29) is 0 Å². The van der Waals surface area contributed by atoms with Crippen LogP contribution in [0, 0.1) is 5.92 Å². The lowest BCUT2D eigenvalue weighted by atomic mass is 9.99. The van der Waals surface area contributed by atoms with Crippen molar-refractivity contribution in [2.45, 2.75) is 38.5 Å². The monoisotopic (exact) mass is 213 g/mol. The maximum Gasteiger partial charge on any atom is 0.132 e. The second-order valence-electron chi connectivity index (χ2n) is 4.76. The molecular weight excluding hydrogens is 196 g/mol. The molecular formula is C14H17N2. The van der Waals surface area contributed by atoms with E-state index in [9.17, 15) is 0 Å². The predicted molar refractivity (Wildman–Crippen MR) is 66.5 cm³/mol. The maximum absolute atomic E-state index is 4.67. The van der Waals surface area contributed by atoms with Gasteiger partial charge in [0.25, 0.3) is 0 Å². The summed E-state index contributed by atoms with van der Waals surface area (Å²) < 4.78 is 0. The Morgan fingerprint density at radius 1 is 0.875 bits per heavy atom. The Hall–Kier alpha value is -1.31. The topological polar surface area (TPSA) is 26.5 Å². The van der Waals surface area contributed by atoms with Crippen LogP contribution in [0.5, 0.6) is 0 Å². The van der Waals surface area contributed by atoms with Crippen molar-refractivity contribution in [3.63, 3.8) is 0 Å². The van der Waals surface area contributed by atoms with E-state index >= 15 is 0 Å². The number of amidine groups is 1. The molecule has 1 aromatic rings. The van der Waals surface area contributed by atoms with Gasteiger partial charge in [-0.2, -0.15) is 0 Å². The van der Waals surface area contributed by atoms with Crippen molar-refractivity contribution >= 4 is 17.2 Å². The summed E-state index contributed by atoms with van der Waals surface area (Å²) in [6.07, 6.45) is 8.01. The zero-order valence-corrected chi connectivity index (χ0v) is 9.52. The van der Waals surface area contributed by atoms with Gasteiger partial charge in [0.2, 0.25) is 0 Å². The van der Waals surface area contributed by atoms with Gasteiger partial charge in [0.1, 0.15) is 5.84 Å². The van der Waals surface area contributed by atoms with E-state index in [0.717, 1.165) is 17.2 Å². The van der Waals surface area contributed by atoms with E-state index in [4.69, 9.17) is 0 Å². The summed E-state index contributed by atoms with van der Waals surface area (Å²) in [5.41, 5.74) is 2.11. The molecule has 0 bridgehead atoms. The predicted octanol–water partition coefficient (Wildman–Crippen LogP) is 3.94. The van der Waals surface area contributed by atoms with Crippen molar-refractivity contribution in [2.75, 3.05) is 0 Å². The summed E-state index contributed by atoms with van der Waals surface area (Å²) in [5, 5.41) is 4.67. The molecule has 1 radical (unpaired) electrons. The molecule has 0 aromatic heterocycles. The van der Waals surface area contributed by atoms with Crippen molar-refractivity contribution < 1.29 is 0 Å². The second kappa shape index (κ2) is 4.28. The molecule has 1 aliphatic heterocycles. The van der Waals surface area contributed by atoms with Gasteiger partial charge in [-0.05, 0) is 25.0 Å². The molecule has 2 aliphatic rings. The Bertz CT molecular complexity index is 401. The van der Waals surface area contributed by atoms with Crippen LogP contribution in [0.2, 0.25) is 0 Å². The molecule has 0 spiro atoms. The quantitative estimate of drug-likeness (QED) is 0.632. The van der Waals surface area contributed by atoms with Crippen molar-refractivity contribution in [1.29, 1.82) is 0 Å². The highest BCUT2D eigenvalue weighted by atomic mass is 15.1. The van der Waals surface area contributed by atoms with Crippen LogP contribution in [0.3, 0.4) is 0 Å². The molecule has 2 nitrogen and oxygen atoms in total. The van der Waals surface area contributed by atoms with Gasteiger partial charge in [-0.3, -0.25) is 0 Å². The van der Waals surface area contributed by atoms with E-state index in [1.807, 2.05) is 12.1 Å². The third-order valence-corrected chi connectivity index (χ3v) is 3.57. The van der Waals surface area contributed by atoms with Crippen LogP contribution in [0.4, 0.5) is 11.4 Å². The molecule has 0 saturated heterocycles. The van der Waals surface area contributed by atoms with Gasteiger partial charge in [-0.1, -0.05) is 37.8 Å². The molecule has 3 rings (SSSR count). The minimum atomic E-state index is 0.606. The Labute approximate surface area is 96.8 Å². The average Bonchev–Trinajstić information content (AvgIpc) is 2.56. The van der Waals surface area contributed by atoms with E-state index in [1.165, 1.54) is 38.5 Å². The van der Waals surface area contributed by atoms with E-state index in [0.29, 0.717) is 5.92 Å². The van der Waals surface area contributed by atoms with Crippen molar-refractivity contribution in [3.05, 3.63) is 24.3 Å². The Kier molecular flexibility index (Phi) is 2.65. The molecule has 16 heavy (non-hydrogen) atoms. The number of hydrogen-bond donors (Lipinski definition) is 0. The van der Waals surface area contributed by atoms with Crippen molar-refractivity contribution in [1.82, 2.24) is 5.32 Å². The standard InChI is InChI=1S/C14H17N2/c1-2-4-8-11(7-3-1)14-15-12-9-5-6-10-13(12)16-14/h5-6,9-11H,1-4,7-8H2. The first-order valence-corrected chi connectivity index (χ1v) is 6.33. The summed E-state index contributed by atoms with van der Waals surface area (Å²) in [6.45, 7) is 0. The normalized spacial score (nSPS) is 20.9. The van der Waals surface area contributed by atoms with Gasteiger partial charge in [0.05, 0.1) is 11.4 Å². The molecule has 1 heterocycles. The lowest BCUT2D eigenvalue weighted by Crippen LogP contribution is -2.18. The number of para-hydroxylation sites is 2. The maximum atomic E-state index is 4.67. The fourth-order valence-electron chi connectivity index (χ4n) is 2.65. The van der Waals surface area contributed by atoms with Gasteiger partial charge in [0.15, 0.2) is 0 Å². The number of hydrogen-bond acceptors (Lipinski definition) is 1. The van der Waals surface area contributed by atoms with Crippen molar-refractivity contribution in [3.8, 4) is 0 Å². The van der Waals surface area contributed by atoms with Crippen LogP contribution in [0.15, 0.2) is 29.3 Å². The number of fused-ring (bicyclic) bond motifs is 1. The molecule has 1 aromatic carbocycles. The fourth-order valence-corrected chi connectivity index (χ4v) is 2.65. The first-order valence-electron chi connectivity index (χ1n) is 6.33. The molecule has 0 N–H and O–H groups in total. The first kappa shape index (κ1) is 9.88. The second-order valence-corrected chi connectivity index (χ2v) is 4.76. The highest BCUT2D eigenvalue weighted by Crippen LogP contribution is 2.34. The number of nitrogens with zero attached hydrogens (tertiary/aromatic N) is 2. The number of aliphatic imine (C=N–C) groups is 1. The van der Waals surface area contributed by atoms with E-state index in [1.54, 1.807) is 0 Å². The van der Waals surface area contributed by atoms with Crippen LogP contribution < -0.4 is 5.32 Å². The largest absolute Gasteiger partial charge is 0.231 e. The molecule has 0 unspecified atom stereocenters. The van der Waals surface area contributed by atoms with Crippen LogP contribution in [0.1, 0.15) is 38.5 Å². The van der Waals surface area contributed by atoms with Crippen LogP contribution in [0.25, 0.3) is 0 Å². The van der Waals surface area contributed by atoms with Gasteiger partial charge in [0, 0.05) is 5.92 Å². The average molecular weight is 213 g/mol. The summed E-state index contributed by atoms with van der Waals surface area (Å²) in [6, 6.07) is 8.19. The zero-order chi connectivity index (χ0) is 10.8. The summed E-state index contributed by atoms with van der Waals surface area (Å²) >= 11 is 0. The lowest BCUT2D eigenvalue weighted by molar-refractivity contribution is 0.582. The Morgan fingerprint density at radius 3 is 2.25 bits per heavy atom. The molecule has 1 saturated carbocycles. The zero-order valence-electron chi connectivity index (χ0n) is 9.52. The van der Waals surface area contributed by atoms with Gasteiger partial charge < -0.3 is 0 Å². The van der Waals surface area contributed by atoms with Crippen LogP contribution in [-0.2, 0) is 0 Å². The first-order chi connectivity index (χ1) is 7.93. The Morgan fingerprint density at radius 2 is 1.56 bits per heavy atom. The fraction of sp³-hybridized carbons (Fsp3) is 0.500. The summed E-state index contributed by atoms with van der Waals surface area (Å²) in [5.74, 6) is 1.69. The van der Waals surface area contributed by atoms with Crippen molar-refractivity contribution in [2.24, 2.45) is 10.9 Å². The molecule has 0 amide bonds. The number of rotatable bonds is 1. The highest BCUT2D eigenvalue weighted by Gasteiger charge is 2.24. The molecule has 2 heteroatoms. The molecule has 1 fully saturated rings. The van der Waals surface area contributed by atoms with Gasteiger partial charge in [-0.15, -0.1) is 0 Å². The smallest absolute Gasteiger partial charge is 0.132 e. The Balaban J connectivity index is 1.78. The van der Waals surface area contributed by atoms with Crippen LogP contribution in [-0.4, -0.2) is 5.84 Å². The molecule has 1 aliphatic carbocycles. The van der Waals surface area contributed by atoms with Crippen LogP contribution >= 0.6 is 0 Å². The minimum absolute atomic E-state index is 0.606. The van der Waals surface area contributed by atoms with E-state index < -0.39 is 0 Å². The van der Waals surface area contributed by atoms with Gasteiger partial charge >= 0.3 is 0 Å². The minimum Gasteiger partial charge on any atom is -0.231 e. The number of benzene rings is 1. The third kappa shape index (κ3) is 1.84. The summed E-state index contributed by atoms with van der Waals surface area (Å²) in [7, 11) is 0. The lowest BCUT2D eigenvalue weighted by Gasteiger charge is -2.12. The van der Waals surface area contributed by atoms with Gasteiger partial charge in [-0.25, -0.2) is 10.3 Å². The molecule has 83 valence electrons. The third-order valence-electron chi connectivity index (χ3n) is 3.57. The summed E-state index contributed by atoms with van der Waals surface area (Å²) in [4.78, 5) is 4.67.